The summed E-state index contributed by atoms with van der Waals surface area (Å²) >= 11 is 3.35. The van der Waals surface area contributed by atoms with E-state index in [4.69, 9.17) is 19.9 Å². The van der Waals surface area contributed by atoms with Crippen molar-refractivity contribution in [3.05, 3.63) is 99.3 Å². The summed E-state index contributed by atoms with van der Waals surface area (Å²) in [5.74, 6) is 0.547. The van der Waals surface area contributed by atoms with Gasteiger partial charge in [0.2, 0.25) is 5.88 Å². The molecule has 1 heterocycles. The molecule has 1 unspecified atom stereocenters. The predicted octanol–water partition coefficient (Wildman–Crippen LogP) is 4.90. The smallest absolute Gasteiger partial charge is 0.344 e. The van der Waals surface area contributed by atoms with Crippen LogP contribution >= 0.6 is 15.9 Å². The number of fused-ring (bicyclic) bond motifs is 1. The summed E-state index contributed by atoms with van der Waals surface area (Å²) in [5.41, 5.74) is 8.38. The molecule has 154 valence electrons. The topological polar surface area (TPSA) is 94.6 Å². The SMILES string of the molecule is COc1ccc(C2C(C#N)=C(N)Oc3cc(OC(=O)c4ccccc4Br)ccc32)cc1. The van der Waals surface area contributed by atoms with Crippen molar-refractivity contribution in [3.8, 4) is 23.3 Å². The molecule has 0 bridgehead atoms. The molecule has 0 spiro atoms. The maximum atomic E-state index is 12.5. The maximum Gasteiger partial charge on any atom is 0.344 e. The average molecular weight is 477 g/mol. The first-order valence-corrected chi connectivity index (χ1v) is 10.1. The highest BCUT2D eigenvalue weighted by atomic mass is 79.9. The summed E-state index contributed by atoms with van der Waals surface area (Å²) in [6.07, 6.45) is 0. The van der Waals surface area contributed by atoms with Gasteiger partial charge < -0.3 is 19.9 Å². The Hall–Kier alpha value is -3.76. The van der Waals surface area contributed by atoms with Gasteiger partial charge in [0.05, 0.1) is 18.6 Å². The molecule has 7 heteroatoms. The van der Waals surface area contributed by atoms with Crippen LogP contribution in [-0.2, 0) is 0 Å². The van der Waals surface area contributed by atoms with Gasteiger partial charge in [0.15, 0.2) is 0 Å². The van der Waals surface area contributed by atoms with E-state index in [-0.39, 0.29) is 5.88 Å². The third kappa shape index (κ3) is 3.98. The van der Waals surface area contributed by atoms with Gasteiger partial charge in [-0.3, -0.25) is 0 Å². The molecule has 0 amide bonds. The molecule has 0 saturated carbocycles. The average Bonchev–Trinajstić information content (AvgIpc) is 2.78. The molecule has 0 aliphatic carbocycles. The molecular formula is C24H17BrN2O4. The van der Waals surface area contributed by atoms with Gasteiger partial charge in [-0.05, 0) is 51.8 Å². The monoisotopic (exact) mass is 476 g/mol. The van der Waals surface area contributed by atoms with Gasteiger partial charge in [0.25, 0.3) is 0 Å². The molecule has 31 heavy (non-hydrogen) atoms. The highest BCUT2D eigenvalue weighted by Gasteiger charge is 2.31. The number of methoxy groups -OCH3 is 1. The number of nitriles is 1. The summed E-state index contributed by atoms with van der Waals surface area (Å²) in [7, 11) is 1.59. The molecule has 0 radical (unpaired) electrons. The summed E-state index contributed by atoms with van der Waals surface area (Å²) in [4.78, 5) is 12.5. The third-order valence-corrected chi connectivity index (χ3v) is 5.64. The van der Waals surface area contributed by atoms with Gasteiger partial charge in [0.1, 0.15) is 28.9 Å². The minimum absolute atomic E-state index is 0.0186. The second kappa shape index (κ2) is 8.54. The Morgan fingerprint density at radius 3 is 2.48 bits per heavy atom. The minimum atomic E-state index is -0.504. The molecule has 0 fully saturated rings. The fourth-order valence-corrected chi connectivity index (χ4v) is 3.87. The van der Waals surface area contributed by atoms with Crippen LogP contribution in [0.15, 0.2) is 82.7 Å². The maximum absolute atomic E-state index is 12.5. The van der Waals surface area contributed by atoms with Crippen LogP contribution in [0.1, 0.15) is 27.4 Å². The van der Waals surface area contributed by atoms with Crippen LogP contribution < -0.4 is 19.9 Å². The van der Waals surface area contributed by atoms with E-state index in [1.165, 1.54) is 0 Å². The molecule has 1 atom stereocenters. The summed E-state index contributed by atoms with van der Waals surface area (Å²) in [6, 6.07) is 21.6. The molecule has 0 aromatic heterocycles. The summed E-state index contributed by atoms with van der Waals surface area (Å²) in [5, 5.41) is 9.68. The largest absolute Gasteiger partial charge is 0.497 e. The number of nitrogens with zero attached hydrogens (tertiary/aromatic N) is 1. The first kappa shape index (κ1) is 20.5. The lowest BCUT2D eigenvalue weighted by molar-refractivity contribution is 0.0733. The van der Waals surface area contributed by atoms with Crippen molar-refractivity contribution in [1.82, 2.24) is 0 Å². The van der Waals surface area contributed by atoms with Gasteiger partial charge in [0, 0.05) is 16.1 Å². The van der Waals surface area contributed by atoms with E-state index >= 15 is 0 Å². The lowest BCUT2D eigenvalue weighted by Crippen LogP contribution is -2.21. The molecular weight excluding hydrogens is 460 g/mol. The Bertz CT molecular complexity index is 1230. The van der Waals surface area contributed by atoms with Gasteiger partial charge in [-0.25, -0.2) is 4.79 Å². The van der Waals surface area contributed by atoms with E-state index in [1.54, 1.807) is 43.5 Å². The van der Waals surface area contributed by atoms with Crippen LogP contribution in [-0.4, -0.2) is 13.1 Å². The number of carbonyl (C=O) groups is 1. The Balaban J connectivity index is 1.69. The van der Waals surface area contributed by atoms with E-state index in [9.17, 15) is 10.1 Å². The zero-order valence-electron chi connectivity index (χ0n) is 16.5. The van der Waals surface area contributed by atoms with Crippen molar-refractivity contribution in [1.29, 1.82) is 5.26 Å². The first-order chi connectivity index (χ1) is 15.0. The standard InChI is InChI=1S/C24H17BrN2O4/c1-29-15-8-6-14(7-9-15)22-18-11-10-16(12-21(18)31-23(27)19(22)13-26)30-24(28)17-4-2-3-5-20(17)25/h2-12,22H,27H2,1H3. The molecule has 6 nitrogen and oxygen atoms in total. The summed E-state index contributed by atoms with van der Waals surface area (Å²) in [6.45, 7) is 0. The Morgan fingerprint density at radius 2 is 1.81 bits per heavy atom. The number of benzene rings is 3. The zero-order chi connectivity index (χ0) is 22.0. The predicted molar refractivity (Wildman–Crippen MR) is 118 cm³/mol. The van der Waals surface area contributed by atoms with Crippen LogP contribution in [0.25, 0.3) is 0 Å². The Labute approximate surface area is 187 Å². The van der Waals surface area contributed by atoms with Crippen LogP contribution in [0, 0.1) is 11.3 Å². The fraction of sp³-hybridized carbons (Fsp3) is 0.0833. The van der Waals surface area contributed by atoms with Gasteiger partial charge >= 0.3 is 5.97 Å². The summed E-state index contributed by atoms with van der Waals surface area (Å²) < 4.78 is 17.1. The van der Waals surface area contributed by atoms with Crippen molar-refractivity contribution in [2.24, 2.45) is 5.73 Å². The molecule has 2 N–H and O–H groups in total. The molecule has 1 aliphatic rings. The number of rotatable bonds is 4. The minimum Gasteiger partial charge on any atom is -0.497 e. The number of allylic oxidation sites excluding steroid dienone is 1. The molecule has 3 aromatic carbocycles. The highest BCUT2D eigenvalue weighted by Crippen LogP contribution is 2.43. The molecule has 0 saturated heterocycles. The van der Waals surface area contributed by atoms with Crippen molar-refractivity contribution < 1.29 is 19.0 Å². The number of nitrogens with two attached hydrogens (primary N) is 1. The quantitative estimate of drug-likeness (QED) is 0.425. The van der Waals surface area contributed by atoms with Crippen LogP contribution in [0.5, 0.6) is 17.2 Å². The van der Waals surface area contributed by atoms with E-state index in [0.717, 1.165) is 11.1 Å². The van der Waals surface area contributed by atoms with Gasteiger partial charge in [-0.1, -0.05) is 30.3 Å². The lowest BCUT2D eigenvalue weighted by atomic mass is 9.83. The van der Waals surface area contributed by atoms with Crippen molar-refractivity contribution >= 4 is 21.9 Å². The van der Waals surface area contributed by atoms with Crippen LogP contribution in [0.2, 0.25) is 0 Å². The number of hydrogen-bond donors (Lipinski definition) is 1. The van der Waals surface area contributed by atoms with Gasteiger partial charge in [-0.2, -0.15) is 5.26 Å². The third-order valence-electron chi connectivity index (χ3n) is 4.94. The molecule has 3 aromatic rings. The Kier molecular flexibility index (Phi) is 5.65. The zero-order valence-corrected chi connectivity index (χ0v) is 18.0. The normalized spacial score (nSPS) is 14.8. The van der Waals surface area contributed by atoms with Gasteiger partial charge in [-0.15, -0.1) is 0 Å². The van der Waals surface area contributed by atoms with E-state index in [1.807, 2.05) is 30.3 Å². The van der Waals surface area contributed by atoms with Crippen molar-refractivity contribution in [2.45, 2.75) is 5.92 Å². The number of ether oxygens (including phenoxy) is 3. The number of carbonyl (C=O) groups excluding carboxylic acids is 1. The number of halogens is 1. The fourth-order valence-electron chi connectivity index (χ4n) is 3.43. The van der Waals surface area contributed by atoms with Crippen LogP contribution in [0.4, 0.5) is 0 Å². The van der Waals surface area contributed by atoms with E-state index in [2.05, 4.69) is 22.0 Å². The van der Waals surface area contributed by atoms with E-state index < -0.39 is 11.9 Å². The van der Waals surface area contributed by atoms with Crippen molar-refractivity contribution in [2.75, 3.05) is 7.11 Å². The lowest BCUT2D eigenvalue weighted by Gasteiger charge is -2.26. The van der Waals surface area contributed by atoms with E-state index in [0.29, 0.717) is 32.9 Å². The number of hydrogen-bond acceptors (Lipinski definition) is 6. The molecule has 4 rings (SSSR count). The van der Waals surface area contributed by atoms with Crippen molar-refractivity contribution in [3.63, 3.8) is 0 Å². The second-order valence-corrected chi connectivity index (χ2v) is 7.62. The number of esters is 1. The molecule has 1 aliphatic heterocycles. The highest BCUT2D eigenvalue weighted by molar-refractivity contribution is 9.10. The van der Waals surface area contributed by atoms with Crippen LogP contribution in [0.3, 0.4) is 0 Å². The first-order valence-electron chi connectivity index (χ1n) is 9.34. The Morgan fingerprint density at radius 1 is 1.10 bits per heavy atom. The second-order valence-electron chi connectivity index (χ2n) is 6.77.